The van der Waals surface area contributed by atoms with Crippen molar-refractivity contribution >= 4 is 17.5 Å². The highest BCUT2D eigenvalue weighted by molar-refractivity contribution is 6.31. The van der Waals surface area contributed by atoms with Gasteiger partial charge in [-0.3, -0.25) is 4.79 Å². The van der Waals surface area contributed by atoms with Crippen molar-refractivity contribution in [2.45, 2.75) is 47.1 Å². The number of carbonyl (C=O) groups is 1. The number of aryl methyl sites for hydroxylation is 1. The molecule has 0 spiro atoms. The molecule has 6 nitrogen and oxygen atoms in total. The Bertz CT molecular complexity index is 888. The van der Waals surface area contributed by atoms with Gasteiger partial charge in [0.2, 0.25) is 0 Å². The Kier molecular flexibility index (Phi) is 6.30. The maximum Gasteiger partial charge on any atom is 0.254 e. The third-order valence-corrected chi connectivity index (χ3v) is 5.18. The molecular weight excluding hydrogens is 376 g/mol. The Morgan fingerprint density at radius 3 is 2.29 bits per heavy atom. The summed E-state index contributed by atoms with van der Waals surface area (Å²) in [4.78, 5) is 20.2. The molecule has 2 N–H and O–H groups in total. The molecule has 0 saturated heterocycles. The summed E-state index contributed by atoms with van der Waals surface area (Å²) >= 11 is 5.55. The zero-order chi connectivity index (χ0) is 21.1. The highest BCUT2D eigenvalue weighted by Crippen LogP contribution is 2.53. The number of hydrogen-bond acceptors (Lipinski definition) is 5. The first-order valence-corrected chi connectivity index (χ1v) is 9.32. The van der Waals surface area contributed by atoms with E-state index in [1.54, 1.807) is 19.3 Å². The number of nitrogens with zero attached hydrogens (tertiary/aromatic N) is 3. The van der Waals surface area contributed by atoms with Gasteiger partial charge in [-0.2, -0.15) is 5.26 Å². The molecule has 0 atom stereocenters. The molecule has 2 aromatic rings. The van der Waals surface area contributed by atoms with Crippen molar-refractivity contribution in [1.29, 1.82) is 5.26 Å². The smallest absolute Gasteiger partial charge is 0.254 e. The van der Waals surface area contributed by atoms with Crippen molar-refractivity contribution in [2.24, 2.45) is 10.8 Å². The van der Waals surface area contributed by atoms with Crippen molar-refractivity contribution in [3.63, 3.8) is 0 Å². The van der Waals surface area contributed by atoms with Crippen molar-refractivity contribution in [1.82, 2.24) is 15.3 Å². The fourth-order valence-electron chi connectivity index (χ4n) is 4.01. The Morgan fingerprint density at radius 1 is 1.25 bits per heavy atom. The van der Waals surface area contributed by atoms with Gasteiger partial charge in [-0.1, -0.05) is 39.3 Å². The predicted molar refractivity (Wildman–Crippen MR) is 108 cm³/mol. The molecule has 1 fully saturated rings. The van der Waals surface area contributed by atoms with E-state index >= 15 is 0 Å². The largest absolute Gasteiger partial charge is 0.508 e. The number of phenols is 1. The quantitative estimate of drug-likeness (QED) is 0.784. The highest BCUT2D eigenvalue weighted by atomic mass is 35.5. The molecule has 0 radical (unpaired) electrons. The number of rotatable bonds is 2. The minimum Gasteiger partial charge on any atom is -0.508 e. The lowest BCUT2D eigenvalue weighted by Crippen LogP contribution is -2.63. The molecule has 7 heteroatoms. The van der Waals surface area contributed by atoms with Gasteiger partial charge in [-0.25, -0.2) is 9.97 Å². The Balaban J connectivity index is 0.000000237. The summed E-state index contributed by atoms with van der Waals surface area (Å²) in [5.74, 6) is 0.667. The van der Waals surface area contributed by atoms with Crippen LogP contribution in [0.15, 0.2) is 30.6 Å². The number of hydrogen-bond donors (Lipinski definition) is 2. The summed E-state index contributed by atoms with van der Waals surface area (Å²) in [6.07, 6.45) is 4.28. The summed E-state index contributed by atoms with van der Waals surface area (Å²) < 4.78 is 0. The molecule has 148 valence electrons. The van der Waals surface area contributed by atoms with Crippen LogP contribution < -0.4 is 5.32 Å². The molecule has 1 aromatic carbocycles. The second-order valence-electron chi connectivity index (χ2n) is 8.36. The number of aromatic nitrogens is 2. The number of nitrogens with one attached hydrogen (secondary N) is 1. The van der Waals surface area contributed by atoms with Crippen molar-refractivity contribution in [3.8, 4) is 11.8 Å². The monoisotopic (exact) mass is 400 g/mol. The standard InChI is InChI=1S/C14H21N3O.C7H4ClNO/c1-9-15-6-10(7-16-9)11(18)17-12-13(2,3)8-14(12,4)5;8-7-3-6(10)2-1-5(7)4-9/h6-7,12H,8H2,1-5H3,(H,17,18);1-3,10H. The van der Waals surface area contributed by atoms with Gasteiger partial charge in [0.25, 0.3) is 5.91 Å². The molecular formula is C21H25ClN4O2. The molecule has 3 rings (SSSR count). The lowest BCUT2D eigenvalue weighted by molar-refractivity contribution is -0.0366. The fraction of sp³-hybridized carbons (Fsp3) is 0.429. The summed E-state index contributed by atoms with van der Waals surface area (Å²) in [6.45, 7) is 10.6. The number of nitriles is 1. The van der Waals surface area contributed by atoms with Gasteiger partial charge >= 0.3 is 0 Å². The van der Waals surface area contributed by atoms with E-state index in [1.165, 1.54) is 18.2 Å². The lowest BCUT2D eigenvalue weighted by Gasteiger charge is -2.57. The van der Waals surface area contributed by atoms with Crippen LogP contribution in [0.4, 0.5) is 0 Å². The van der Waals surface area contributed by atoms with Crippen LogP contribution in [0.2, 0.25) is 5.02 Å². The van der Waals surface area contributed by atoms with E-state index in [-0.39, 0.29) is 33.6 Å². The van der Waals surface area contributed by atoms with Crippen molar-refractivity contribution < 1.29 is 9.90 Å². The molecule has 1 aliphatic rings. The van der Waals surface area contributed by atoms with Crippen LogP contribution in [0.5, 0.6) is 5.75 Å². The summed E-state index contributed by atoms with van der Waals surface area (Å²) in [5.41, 5.74) is 1.22. The van der Waals surface area contributed by atoms with Gasteiger partial charge in [0, 0.05) is 18.4 Å². The Morgan fingerprint density at radius 2 is 1.82 bits per heavy atom. The summed E-state index contributed by atoms with van der Waals surface area (Å²) in [7, 11) is 0. The van der Waals surface area contributed by atoms with Crippen LogP contribution in [0.3, 0.4) is 0 Å². The van der Waals surface area contributed by atoms with E-state index in [0.717, 1.165) is 6.42 Å². The van der Waals surface area contributed by atoms with E-state index in [9.17, 15) is 4.79 Å². The van der Waals surface area contributed by atoms with Gasteiger partial charge in [0.05, 0.1) is 16.1 Å². The zero-order valence-corrected chi connectivity index (χ0v) is 17.5. The number of carbonyl (C=O) groups excluding carboxylic acids is 1. The van der Waals surface area contributed by atoms with E-state index in [1.807, 2.05) is 6.07 Å². The first-order chi connectivity index (χ1) is 13.0. The first-order valence-electron chi connectivity index (χ1n) is 8.94. The van der Waals surface area contributed by atoms with E-state index in [2.05, 4.69) is 43.0 Å². The third kappa shape index (κ3) is 4.99. The minimum absolute atomic E-state index is 0.0731. The Labute approximate surface area is 170 Å². The van der Waals surface area contributed by atoms with Gasteiger partial charge < -0.3 is 10.4 Å². The molecule has 0 bridgehead atoms. The van der Waals surface area contributed by atoms with Crippen LogP contribution in [0.25, 0.3) is 0 Å². The van der Waals surface area contributed by atoms with Crippen molar-refractivity contribution in [3.05, 3.63) is 52.6 Å². The molecule has 28 heavy (non-hydrogen) atoms. The third-order valence-electron chi connectivity index (χ3n) is 4.87. The first kappa shape index (κ1) is 21.6. The minimum atomic E-state index is -0.0825. The second-order valence-corrected chi connectivity index (χ2v) is 8.76. The van der Waals surface area contributed by atoms with Crippen LogP contribution in [-0.4, -0.2) is 27.0 Å². The van der Waals surface area contributed by atoms with Gasteiger partial charge in [0.1, 0.15) is 17.6 Å². The van der Waals surface area contributed by atoms with Gasteiger partial charge in [0.15, 0.2) is 0 Å². The molecule has 1 aliphatic carbocycles. The second kappa shape index (κ2) is 8.15. The van der Waals surface area contributed by atoms with Gasteiger partial charge in [-0.15, -0.1) is 0 Å². The number of amides is 1. The summed E-state index contributed by atoms with van der Waals surface area (Å²) in [6, 6.07) is 6.30. The summed E-state index contributed by atoms with van der Waals surface area (Å²) in [5, 5.41) is 20.6. The van der Waals surface area contributed by atoms with E-state index in [4.69, 9.17) is 22.0 Å². The number of benzene rings is 1. The van der Waals surface area contributed by atoms with E-state index in [0.29, 0.717) is 17.0 Å². The van der Waals surface area contributed by atoms with E-state index < -0.39 is 0 Å². The SMILES string of the molecule is Cc1ncc(C(=O)NC2C(C)(C)CC2(C)C)cn1.N#Cc1ccc(O)cc1Cl. The molecule has 1 saturated carbocycles. The maximum absolute atomic E-state index is 12.1. The number of phenolic OH excluding ortho intramolecular Hbond substituents is 1. The lowest BCUT2D eigenvalue weighted by atomic mass is 9.52. The Hall–Kier alpha value is -2.65. The average Bonchev–Trinajstić information content (AvgIpc) is 2.60. The maximum atomic E-state index is 12.1. The molecule has 1 heterocycles. The van der Waals surface area contributed by atoms with Gasteiger partial charge in [-0.05, 0) is 42.4 Å². The highest BCUT2D eigenvalue weighted by Gasteiger charge is 2.53. The molecule has 1 aromatic heterocycles. The average molecular weight is 401 g/mol. The van der Waals surface area contributed by atoms with Crippen LogP contribution >= 0.6 is 11.6 Å². The number of halogens is 1. The van der Waals surface area contributed by atoms with Crippen LogP contribution in [0.1, 0.15) is 55.9 Å². The normalized spacial score (nSPS) is 16.8. The molecule has 1 amide bonds. The predicted octanol–water partition coefficient (Wildman–Crippen LogP) is 4.26. The van der Waals surface area contributed by atoms with Crippen LogP contribution in [0, 0.1) is 29.1 Å². The zero-order valence-electron chi connectivity index (χ0n) is 16.7. The topological polar surface area (TPSA) is 98.9 Å². The van der Waals surface area contributed by atoms with Crippen LogP contribution in [-0.2, 0) is 0 Å². The number of aromatic hydroxyl groups is 1. The van der Waals surface area contributed by atoms with Crippen molar-refractivity contribution in [2.75, 3.05) is 0 Å². The fourth-order valence-corrected chi connectivity index (χ4v) is 4.23. The molecule has 0 unspecified atom stereocenters. The molecule has 0 aliphatic heterocycles.